The number of nitrogens with zero attached hydrogens (tertiary/aromatic N) is 1. The molecule has 0 aliphatic carbocycles. The second kappa shape index (κ2) is 5.19. The molecule has 19 heavy (non-hydrogen) atoms. The quantitative estimate of drug-likeness (QED) is 0.653. The molecule has 1 aromatic carbocycles. The number of hydrogen-bond donors (Lipinski definition) is 1. The van der Waals surface area contributed by atoms with Crippen molar-refractivity contribution in [2.45, 2.75) is 6.92 Å². The summed E-state index contributed by atoms with van der Waals surface area (Å²) in [6.45, 7) is 1.35. The Balaban J connectivity index is 2.42. The van der Waals surface area contributed by atoms with Gasteiger partial charge >= 0.3 is 0 Å². The Hall–Kier alpha value is -2.21. The molecule has 1 aliphatic rings. The molecule has 0 saturated carbocycles. The Kier molecular flexibility index (Phi) is 3.62. The van der Waals surface area contributed by atoms with Crippen molar-refractivity contribution in [3.63, 3.8) is 0 Å². The maximum absolute atomic E-state index is 11.8. The summed E-state index contributed by atoms with van der Waals surface area (Å²) in [5, 5.41) is 2.55. The van der Waals surface area contributed by atoms with Crippen molar-refractivity contribution >= 4 is 35.2 Å². The van der Waals surface area contributed by atoms with Crippen molar-refractivity contribution in [3.05, 3.63) is 35.5 Å². The third-order valence-electron chi connectivity index (χ3n) is 2.61. The molecule has 0 unspecified atom stereocenters. The molecule has 1 N–H and O–H groups in total. The minimum absolute atomic E-state index is 0.103. The van der Waals surface area contributed by atoms with Crippen molar-refractivity contribution in [1.82, 2.24) is 10.2 Å². The summed E-state index contributed by atoms with van der Waals surface area (Å²) in [5.74, 6) is -0.0229. The van der Waals surface area contributed by atoms with Crippen molar-refractivity contribution in [2.75, 3.05) is 7.11 Å². The summed E-state index contributed by atoms with van der Waals surface area (Å²) in [4.78, 5) is 24.5. The Labute approximate surface area is 115 Å². The highest BCUT2D eigenvalue weighted by atomic mass is 32.1. The molecular weight excluding hydrogens is 264 g/mol. The number of methoxy groups -OCH3 is 1. The number of ether oxygens (including phenoxy) is 1. The van der Waals surface area contributed by atoms with Gasteiger partial charge in [0.1, 0.15) is 11.4 Å². The Morgan fingerprint density at radius 3 is 2.84 bits per heavy atom. The summed E-state index contributed by atoms with van der Waals surface area (Å²) < 4.78 is 5.11. The van der Waals surface area contributed by atoms with Gasteiger partial charge in [0.05, 0.1) is 7.11 Å². The molecule has 0 atom stereocenters. The number of hydrogen-bond acceptors (Lipinski definition) is 4. The average Bonchev–Trinajstić information content (AvgIpc) is 2.64. The first-order valence-corrected chi connectivity index (χ1v) is 5.95. The van der Waals surface area contributed by atoms with Crippen LogP contribution in [0.15, 0.2) is 30.0 Å². The lowest BCUT2D eigenvalue weighted by Crippen LogP contribution is -2.31. The molecule has 1 aromatic rings. The second-order valence-electron chi connectivity index (χ2n) is 3.92. The first kappa shape index (κ1) is 13.2. The molecule has 6 heteroatoms. The van der Waals surface area contributed by atoms with Gasteiger partial charge in [0.25, 0.3) is 5.91 Å². The molecule has 1 fully saturated rings. The van der Waals surface area contributed by atoms with E-state index in [4.69, 9.17) is 17.0 Å². The van der Waals surface area contributed by atoms with Gasteiger partial charge in [0.2, 0.25) is 5.91 Å². The molecule has 0 bridgehead atoms. The van der Waals surface area contributed by atoms with Crippen LogP contribution in [0.3, 0.4) is 0 Å². The molecule has 0 radical (unpaired) electrons. The van der Waals surface area contributed by atoms with Gasteiger partial charge in [-0.25, -0.2) is 0 Å². The summed E-state index contributed by atoms with van der Waals surface area (Å²) in [6, 6.07) is 7.17. The molecule has 2 rings (SSSR count). The zero-order valence-corrected chi connectivity index (χ0v) is 11.3. The number of carbonyl (C=O) groups excluding carboxylic acids is 2. The van der Waals surface area contributed by atoms with Crippen LogP contribution in [0.1, 0.15) is 12.5 Å². The van der Waals surface area contributed by atoms with Crippen LogP contribution in [0.5, 0.6) is 5.75 Å². The zero-order chi connectivity index (χ0) is 14.0. The van der Waals surface area contributed by atoms with Crippen LogP contribution in [0.25, 0.3) is 6.08 Å². The third kappa shape index (κ3) is 2.63. The number of carbonyl (C=O) groups is 2. The van der Waals surface area contributed by atoms with Gasteiger partial charge in [-0.1, -0.05) is 12.1 Å². The van der Waals surface area contributed by atoms with E-state index in [0.29, 0.717) is 5.75 Å². The minimum Gasteiger partial charge on any atom is -0.497 e. The summed E-state index contributed by atoms with van der Waals surface area (Å²) in [7, 11) is 1.56. The predicted molar refractivity (Wildman–Crippen MR) is 74.2 cm³/mol. The largest absolute Gasteiger partial charge is 0.497 e. The molecule has 0 spiro atoms. The first-order chi connectivity index (χ1) is 9.02. The van der Waals surface area contributed by atoms with Gasteiger partial charge in [0.15, 0.2) is 5.11 Å². The first-order valence-electron chi connectivity index (χ1n) is 5.54. The van der Waals surface area contributed by atoms with Crippen LogP contribution < -0.4 is 10.1 Å². The normalized spacial score (nSPS) is 16.7. The van der Waals surface area contributed by atoms with Gasteiger partial charge in [0, 0.05) is 6.92 Å². The monoisotopic (exact) mass is 276 g/mol. The molecule has 0 aromatic heterocycles. The lowest BCUT2D eigenvalue weighted by Gasteiger charge is -2.12. The molecule has 1 heterocycles. The smallest absolute Gasteiger partial charge is 0.274 e. The van der Waals surface area contributed by atoms with E-state index in [9.17, 15) is 9.59 Å². The van der Waals surface area contributed by atoms with E-state index in [0.717, 1.165) is 5.56 Å². The minimum atomic E-state index is -0.386. The number of amides is 2. The highest BCUT2D eigenvalue weighted by Crippen LogP contribution is 2.20. The molecule has 1 aliphatic heterocycles. The van der Waals surface area contributed by atoms with Gasteiger partial charge in [-0.3, -0.25) is 19.8 Å². The Bertz CT molecular complexity index is 595. The predicted octanol–water partition coefficient (Wildman–Crippen LogP) is 1.30. The fourth-order valence-electron chi connectivity index (χ4n) is 1.76. The van der Waals surface area contributed by atoms with E-state index in [1.54, 1.807) is 31.4 Å². The molecule has 2 amide bonds. The van der Waals surface area contributed by atoms with Gasteiger partial charge in [-0.15, -0.1) is 0 Å². The standard InChI is InChI=1S/C13H12N2O3S/c1-8(16)15-11(12(17)14-13(15)19)7-9-4-3-5-10(6-9)18-2/h3-7H,1-2H3,(H,14,17,19)/b11-7-. The lowest BCUT2D eigenvalue weighted by molar-refractivity contribution is -0.125. The van der Waals surface area contributed by atoms with Crippen LogP contribution in [-0.4, -0.2) is 28.9 Å². The molecule has 98 valence electrons. The van der Waals surface area contributed by atoms with Crippen LogP contribution >= 0.6 is 12.2 Å². The average molecular weight is 276 g/mol. The van der Waals surface area contributed by atoms with E-state index >= 15 is 0 Å². The number of thiocarbonyl (C=S) groups is 1. The number of nitrogens with one attached hydrogen (secondary N) is 1. The maximum Gasteiger partial charge on any atom is 0.274 e. The van der Waals surface area contributed by atoms with E-state index in [-0.39, 0.29) is 22.6 Å². The highest BCUT2D eigenvalue weighted by Gasteiger charge is 2.32. The zero-order valence-electron chi connectivity index (χ0n) is 10.5. The van der Waals surface area contributed by atoms with E-state index in [2.05, 4.69) is 5.32 Å². The topological polar surface area (TPSA) is 58.6 Å². The van der Waals surface area contributed by atoms with E-state index < -0.39 is 0 Å². The SMILES string of the molecule is COc1cccc(/C=C2/C(=O)NC(=S)N2C(C)=O)c1. The van der Waals surface area contributed by atoms with Crippen molar-refractivity contribution < 1.29 is 14.3 Å². The van der Waals surface area contributed by atoms with Gasteiger partial charge < -0.3 is 4.74 Å². The Morgan fingerprint density at radius 2 is 2.21 bits per heavy atom. The summed E-state index contributed by atoms with van der Waals surface area (Å²) in [6.07, 6.45) is 1.60. The van der Waals surface area contributed by atoms with Crippen LogP contribution in [-0.2, 0) is 9.59 Å². The molecule has 5 nitrogen and oxygen atoms in total. The van der Waals surface area contributed by atoms with Gasteiger partial charge in [-0.05, 0) is 36.0 Å². The summed E-state index contributed by atoms with van der Waals surface area (Å²) in [5.41, 5.74) is 0.964. The highest BCUT2D eigenvalue weighted by molar-refractivity contribution is 7.80. The van der Waals surface area contributed by atoms with E-state index in [1.165, 1.54) is 11.8 Å². The van der Waals surface area contributed by atoms with Gasteiger partial charge in [-0.2, -0.15) is 0 Å². The van der Waals surface area contributed by atoms with Crippen LogP contribution in [0.2, 0.25) is 0 Å². The summed E-state index contributed by atoms with van der Waals surface area (Å²) >= 11 is 4.94. The van der Waals surface area contributed by atoms with Crippen molar-refractivity contribution in [1.29, 1.82) is 0 Å². The number of benzene rings is 1. The third-order valence-corrected chi connectivity index (χ3v) is 2.89. The van der Waals surface area contributed by atoms with Crippen molar-refractivity contribution in [2.24, 2.45) is 0 Å². The van der Waals surface area contributed by atoms with Crippen LogP contribution in [0.4, 0.5) is 0 Å². The van der Waals surface area contributed by atoms with E-state index in [1.807, 2.05) is 6.07 Å². The van der Waals surface area contributed by atoms with Crippen LogP contribution in [0, 0.1) is 0 Å². The maximum atomic E-state index is 11.8. The lowest BCUT2D eigenvalue weighted by atomic mass is 10.1. The fraction of sp³-hybridized carbons (Fsp3) is 0.154. The molecule has 1 saturated heterocycles. The Morgan fingerprint density at radius 1 is 1.47 bits per heavy atom. The fourth-order valence-corrected chi connectivity index (χ4v) is 2.08. The number of rotatable bonds is 2. The molecular formula is C13H12N2O3S. The van der Waals surface area contributed by atoms with Crippen molar-refractivity contribution in [3.8, 4) is 5.75 Å². The second-order valence-corrected chi connectivity index (χ2v) is 4.31.